The number of nitrogens with zero attached hydrogens (tertiary/aromatic N) is 3. The van der Waals surface area contributed by atoms with Gasteiger partial charge in [-0.05, 0) is 24.8 Å². The molecule has 1 aromatic rings. The molecular formula is C12H24N4O. The highest BCUT2D eigenvalue weighted by Gasteiger charge is 2.07. The molecule has 1 heterocycles. The predicted octanol–water partition coefficient (Wildman–Crippen LogP) is 1.04. The highest BCUT2D eigenvalue weighted by molar-refractivity contribution is 4.91. The van der Waals surface area contributed by atoms with Crippen LogP contribution in [-0.4, -0.2) is 33.3 Å². The van der Waals surface area contributed by atoms with Crippen molar-refractivity contribution in [2.75, 3.05) is 13.2 Å². The van der Waals surface area contributed by atoms with Gasteiger partial charge >= 0.3 is 0 Å². The normalized spacial score (nSPS) is 13.2. The van der Waals surface area contributed by atoms with E-state index in [0.29, 0.717) is 11.8 Å². The van der Waals surface area contributed by atoms with E-state index in [1.807, 2.05) is 6.20 Å². The molecule has 0 spiro atoms. The quantitative estimate of drug-likeness (QED) is 0.713. The Hall–Kier alpha value is -0.940. The first kappa shape index (κ1) is 14.1. The van der Waals surface area contributed by atoms with Crippen molar-refractivity contribution in [1.82, 2.24) is 20.3 Å². The molecule has 0 saturated carbocycles. The van der Waals surface area contributed by atoms with E-state index in [1.165, 1.54) is 0 Å². The lowest BCUT2D eigenvalue weighted by atomic mass is 9.98. The maximum atomic E-state index is 8.71. The fourth-order valence-corrected chi connectivity index (χ4v) is 1.43. The smallest absolute Gasteiger partial charge is 0.0964 e. The highest BCUT2D eigenvalue weighted by Crippen LogP contribution is 2.07. The molecule has 0 bridgehead atoms. The first-order valence-corrected chi connectivity index (χ1v) is 6.34. The van der Waals surface area contributed by atoms with E-state index in [-0.39, 0.29) is 6.61 Å². The molecule has 0 aromatic carbocycles. The summed E-state index contributed by atoms with van der Waals surface area (Å²) in [5.41, 5.74) is 0.957. The first-order chi connectivity index (χ1) is 8.13. The lowest BCUT2D eigenvalue weighted by Gasteiger charge is -2.15. The van der Waals surface area contributed by atoms with Crippen molar-refractivity contribution in [3.05, 3.63) is 11.9 Å². The number of rotatable bonds is 8. The van der Waals surface area contributed by atoms with Crippen molar-refractivity contribution in [3.63, 3.8) is 0 Å². The third kappa shape index (κ3) is 5.28. The summed E-state index contributed by atoms with van der Waals surface area (Å²) in [7, 11) is 0. The molecule has 2 N–H and O–H groups in total. The summed E-state index contributed by atoms with van der Waals surface area (Å²) >= 11 is 0. The molecule has 1 rings (SSSR count). The Labute approximate surface area is 103 Å². The maximum Gasteiger partial charge on any atom is 0.0964 e. The lowest BCUT2D eigenvalue weighted by molar-refractivity contribution is 0.276. The van der Waals surface area contributed by atoms with Gasteiger partial charge < -0.3 is 10.4 Å². The van der Waals surface area contributed by atoms with E-state index < -0.39 is 0 Å². The average molecular weight is 240 g/mol. The second-order valence-corrected chi connectivity index (χ2v) is 4.90. The maximum absolute atomic E-state index is 8.71. The summed E-state index contributed by atoms with van der Waals surface area (Å²) in [6, 6.07) is 0. The van der Waals surface area contributed by atoms with Crippen molar-refractivity contribution in [1.29, 1.82) is 0 Å². The molecule has 0 aliphatic heterocycles. The van der Waals surface area contributed by atoms with Gasteiger partial charge in [-0.2, -0.15) is 0 Å². The van der Waals surface area contributed by atoms with Crippen molar-refractivity contribution < 1.29 is 5.11 Å². The number of hydrogen-bond donors (Lipinski definition) is 2. The van der Waals surface area contributed by atoms with Crippen LogP contribution >= 0.6 is 0 Å². The summed E-state index contributed by atoms with van der Waals surface area (Å²) in [5, 5.41) is 20.2. The van der Waals surface area contributed by atoms with Gasteiger partial charge in [0.25, 0.3) is 0 Å². The second kappa shape index (κ2) is 7.40. The van der Waals surface area contributed by atoms with Crippen molar-refractivity contribution in [2.45, 2.75) is 40.3 Å². The molecule has 1 aromatic heterocycles. The Morgan fingerprint density at radius 1 is 1.41 bits per heavy atom. The van der Waals surface area contributed by atoms with Gasteiger partial charge in [0.2, 0.25) is 0 Å². The minimum absolute atomic E-state index is 0.194. The van der Waals surface area contributed by atoms with E-state index in [0.717, 1.165) is 31.7 Å². The van der Waals surface area contributed by atoms with Gasteiger partial charge in [0.05, 0.1) is 5.69 Å². The van der Waals surface area contributed by atoms with Crippen LogP contribution in [-0.2, 0) is 13.1 Å². The number of hydrogen-bond acceptors (Lipinski definition) is 4. The van der Waals surface area contributed by atoms with Crippen LogP contribution in [0.1, 0.15) is 32.9 Å². The molecule has 0 aliphatic carbocycles. The molecular weight excluding hydrogens is 216 g/mol. The molecule has 0 radical (unpaired) electrons. The monoisotopic (exact) mass is 240 g/mol. The van der Waals surface area contributed by atoms with Crippen molar-refractivity contribution in [3.8, 4) is 0 Å². The van der Waals surface area contributed by atoms with Crippen LogP contribution in [0.2, 0.25) is 0 Å². The SMILES string of the molecule is CC(C)C(C)CNCc1cn(CCCO)nn1. The van der Waals surface area contributed by atoms with Crippen molar-refractivity contribution in [2.24, 2.45) is 11.8 Å². The van der Waals surface area contributed by atoms with E-state index in [4.69, 9.17) is 5.11 Å². The summed E-state index contributed by atoms with van der Waals surface area (Å²) < 4.78 is 1.78. The summed E-state index contributed by atoms with van der Waals surface area (Å²) in [6.45, 7) is 9.40. The number of aliphatic hydroxyl groups is 1. The van der Waals surface area contributed by atoms with Crippen LogP contribution in [0.15, 0.2) is 6.20 Å². The fourth-order valence-electron chi connectivity index (χ4n) is 1.43. The zero-order valence-electron chi connectivity index (χ0n) is 11.1. The Balaban J connectivity index is 2.25. The van der Waals surface area contributed by atoms with Gasteiger partial charge in [0.15, 0.2) is 0 Å². The number of aryl methyl sites for hydroxylation is 1. The Kier molecular flexibility index (Phi) is 6.15. The molecule has 0 amide bonds. The van der Waals surface area contributed by atoms with E-state index in [1.54, 1.807) is 4.68 Å². The van der Waals surface area contributed by atoms with Crippen LogP contribution in [0.5, 0.6) is 0 Å². The van der Waals surface area contributed by atoms with Gasteiger partial charge in [-0.1, -0.05) is 26.0 Å². The standard InChI is InChI=1S/C12H24N4O/c1-10(2)11(3)7-13-8-12-9-16(15-14-12)5-4-6-17/h9-11,13,17H,4-8H2,1-3H3. The fraction of sp³-hybridized carbons (Fsp3) is 0.833. The number of aliphatic hydroxyl groups excluding tert-OH is 1. The number of aromatic nitrogens is 3. The Morgan fingerprint density at radius 2 is 2.18 bits per heavy atom. The third-order valence-corrected chi connectivity index (χ3v) is 3.04. The lowest BCUT2D eigenvalue weighted by Crippen LogP contribution is -2.23. The van der Waals surface area contributed by atoms with Crippen LogP contribution in [0.3, 0.4) is 0 Å². The first-order valence-electron chi connectivity index (χ1n) is 6.34. The molecule has 0 aliphatic rings. The van der Waals surface area contributed by atoms with Gasteiger partial charge in [-0.3, -0.25) is 4.68 Å². The minimum Gasteiger partial charge on any atom is -0.396 e. The molecule has 98 valence electrons. The van der Waals surface area contributed by atoms with Crippen LogP contribution in [0, 0.1) is 11.8 Å². The Morgan fingerprint density at radius 3 is 2.82 bits per heavy atom. The van der Waals surface area contributed by atoms with Gasteiger partial charge in [-0.15, -0.1) is 5.10 Å². The van der Waals surface area contributed by atoms with Crippen LogP contribution in [0.4, 0.5) is 0 Å². The van der Waals surface area contributed by atoms with Crippen LogP contribution < -0.4 is 5.32 Å². The van der Waals surface area contributed by atoms with E-state index in [9.17, 15) is 0 Å². The largest absolute Gasteiger partial charge is 0.396 e. The van der Waals surface area contributed by atoms with Crippen molar-refractivity contribution >= 4 is 0 Å². The molecule has 5 heteroatoms. The molecule has 17 heavy (non-hydrogen) atoms. The van der Waals surface area contributed by atoms with Gasteiger partial charge in [0, 0.05) is 25.9 Å². The predicted molar refractivity (Wildman–Crippen MR) is 67.4 cm³/mol. The summed E-state index contributed by atoms with van der Waals surface area (Å²) in [5.74, 6) is 1.36. The molecule has 0 fully saturated rings. The topological polar surface area (TPSA) is 63.0 Å². The average Bonchev–Trinajstić information content (AvgIpc) is 2.74. The Bertz CT molecular complexity index is 311. The summed E-state index contributed by atoms with van der Waals surface area (Å²) in [6.07, 6.45) is 2.66. The van der Waals surface area contributed by atoms with E-state index >= 15 is 0 Å². The third-order valence-electron chi connectivity index (χ3n) is 3.04. The van der Waals surface area contributed by atoms with Crippen LogP contribution in [0.25, 0.3) is 0 Å². The molecule has 1 atom stereocenters. The zero-order valence-corrected chi connectivity index (χ0v) is 11.1. The highest BCUT2D eigenvalue weighted by atomic mass is 16.3. The van der Waals surface area contributed by atoms with Gasteiger partial charge in [0.1, 0.15) is 0 Å². The second-order valence-electron chi connectivity index (χ2n) is 4.90. The minimum atomic E-state index is 0.194. The molecule has 5 nitrogen and oxygen atoms in total. The number of nitrogens with one attached hydrogen (secondary N) is 1. The van der Waals surface area contributed by atoms with Gasteiger partial charge in [-0.25, -0.2) is 0 Å². The summed E-state index contributed by atoms with van der Waals surface area (Å²) in [4.78, 5) is 0. The molecule has 0 saturated heterocycles. The zero-order chi connectivity index (χ0) is 12.7. The molecule has 1 unspecified atom stereocenters. The van der Waals surface area contributed by atoms with E-state index in [2.05, 4.69) is 36.4 Å².